The van der Waals surface area contributed by atoms with Crippen LogP contribution in [0.2, 0.25) is 0 Å². The van der Waals surface area contributed by atoms with Crippen LogP contribution < -0.4 is 15.2 Å². The van der Waals surface area contributed by atoms with Gasteiger partial charge in [0.25, 0.3) is 10.0 Å². The summed E-state index contributed by atoms with van der Waals surface area (Å²) in [6.07, 6.45) is 2.94. The number of nitrogens with one attached hydrogen (secondary N) is 2. The Bertz CT molecular complexity index is 636. The third-order valence-corrected chi connectivity index (χ3v) is 3.74. The van der Waals surface area contributed by atoms with Crippen LogP contribution in [0.25, 0.3) is 0 Å². The van der Waals surface area contributed by atoms with Gasteiger partial charge >= 0.3 is 0 Å². The molecular weight excluding hydrogens is 254 g/mol. The summed E-state index contributed by atoms with van der Waals surface area (Å²) >= 11 is 0. The lowest BCUT2D eigenvalue weighted by Crippen LogP contribution is -2.12. The van der Waals surface area contributed by atoms with E-state index in [4.69, 9.17) is 10.5 Å². The lowest BCUT2D eigenvalue weighted by molar-refractivity contribution is 0.417. The zero-order chi connectivity index (χ0) is 13.2. The maximum Gasteiger partial charge on any atom is 0.263 e. The first-order valence-electron chi connectivity index (χ1n) is 5.12. The van der Waals surface area contributed by atoms with E-state index in [1.54, 1.807) is 12.1 Å². The summed E-state index contributed by atoms with van der Waals surface area (Å²) in [6, 6.07) is 6.15. The highest BCUT2D eigenvalue weighted by Crippen LogP contribution is 2.26. The average Bonchev–Trinajstić information content (AvgIpc) is 2.82. The van der Waals surface area contributed by atoms with Crippen LogP contribution in [0.4, 0.5) is 11.4 Å². The molecule has 0 atom stereocenters. The van der Waals surface area contributed by atoms with Crippen LogP contribution in [0, 0.1) is 0 Å². The minimum atomic E-state index is -3.58. The quantitative estimate of drug-likeness (QED) is 0.729. The topological polar surface area (TPSA) is 97.2 Å². The molecule has 0 radical (unpaired) electrons. The molecule has 2 aromatic rings. The Labute approximate surface area is 105 Å². The summed E-state index contributed by atoms with van der Waals surface area (Å²) in [7, 11) is -2.09. The molecule has 0 saturated carbocycles. The number of nitrogens with two attached hydrogens (primary N) is 1. The zero-order valence-corrected chi connectivity index (χ0v) is 10.5. The van der Waals surface area contributed by atoms with Crippen LogP contribution in [-0.4, -0.2) is 20.5 Å². The average molecular weight is 267 g/mol. The summed E-state index contributed by atoms with van der Waals surface area (Å²) in [4.78, 5) is 2.85. The van der Waals surface area contributed by atoms with E-state index in [2.05, 4.69) is 9.71 Å². The SMILES string of the molecule is COc1ccc(NS(=O)(=O)c2cc[nH]c2)cc1N. The third-order valence-electron chi connectivity index (χ3n) is 2.36. The van der Waals surface area contributed by atoms with Gasteiger partial charge in [0.15, 0.2) is 0 Å². The summed E-state index contributed by atoms with van der Waals surface area (Å²) in [6.45, 7) is 0. The van der Waals surface area contributed by atoms with Gasteiger partial charge < -0.3 is 15.5 Å². The first kappa shape index (κ1) is 12.3. The van der Waals surface area contributed by atoms with Gasteiger partial charge in [0.05, 0.1) is 18.5 Å². The molecule has 0 fully saturated rings. The Hall–Kier alpha value is -2.15. The lowest BCUT2D eigenvalue weighted by atomic mass is 10.2. The first-order chi connectivity index (χ1) is 8.53. The van der Waals surface area contributed by atoms with Crippen molar-refractivity contribution < 1.29 is 13.2 Å². The second-order valence-electron chi connectivity index (χ2n) is 3.61. The van der Waals surface area contributed by atoms with Crippen LogP contribution in [0.15, 0.2) is 41.6 Å². The number of benzene rings is 1. The fraction of sp³-hybridized carbons (Fsp3) is 0.0909. The largest absolute Gasteiger partial charge is 0.495 e. The van der Waals surface area contributed by atoms with Gasteiger partial charge in [0, 0.05) is 12.4 Å². The number of nitrogen functional groups attached to an aromatic ring is 1. The molecule has 18 heavy (non-hydrogen) atoms. The molecule has 0 aliphatic carbocycles. The molecule has 0 unspecified atom stereocenters. The second kappa shape index (κ2) is 4.61. The number of aromatic amines is 1. The van der Waals surface area contributed by atoms with Crippen molar-refractivity contribution in [3.63, 3.8) is 0 Å². The van der Waals surface area contributed by atoms with E-state index in [1.165, 1.54) is 31.6 Å². The molecule has 0 amide bonds. The Balaban J connectivity index is 2.27. The second-order valence-corrected chi connectivity index (χ2v) is 5.29. The van der Waals surface area contributed by atoms with E-state index >= 15 is 0 Å². The fourth-order valence-corrected chi connectivity index (χ4v) is 2.51. The molecule has 1 aromatic heterocycles. The fourth-order valence-electron chi connectivity index (χ4n) is 1.49. The molecule has 0 spiro atoms. The predicted molar refractivity (Wildman–Crippen MR) is 69.0 cm³/mol. The van der Waals surface area contributed by atoms with Gasteiger partial charge in [-0.2, -0.15) is 0 Å². The zero-order valence-electron chi connectivity index (χ0n) is 9.67. The van der Waals surface area contributed by atoms with Crippen molar-refractivity contribution in [3.05, 3.63) is 36.7 Å². The van der Waals surface area contributed by atoms with Gasteiger partial charge in [-0.05, 0) is 24.3 Å². The van der Waals surface area contributed by atoms with E-state index in [1.807, 2.05) is 0 Å². The van der Waals surface area contributed by atoms with E-state index in [0.717, 1.165) is 0 Å². The van der Waals surface area contributed by atoms with Gasteiger partial charge in [0.2, 0.25) is 0 Å². The van der Waals surface area contributed by atoms with E-state index in [0.29, 0.717) is 17.1 Å². The highest BCUT2D eigenvalue weighted by molar-refractivity contribution is 7.92. The van der Waals surface area contributed by atoms with Crippen LogP contribution in [0.5, 0.6) is 5.75 Å². The van der Waals surface area contributed by atoms with E-state index < -0.39 is 10.0 Å². The number of ether oxygens (including phenoxy) is 1. The molecule has 4 N–H and O–H groups in total. The van der Waals surface area contributed by atoms with Crippen molar-refractivity contribution in [2.24, 2.45) is 0 Å². The van der Waals surface area contributed by atoms with Crippen LogP contribution in [-0.2, 0) is 10.0 Å². The minimum Gasteiger partial charge on any atom is -0.495 e. The van der Waals surface area contributed by atoms with Crippen LogP contribution in [0.1, 0.15) is 0 Å². The monoisotopic (exact) mass is 267 g/mol. The molecule has 1 aromatic carbocycles. The number of hydrogen-bond donors (Lipinski definition) is 3. The molecule has 7 heteroatoms. The van der Waals surface area contributed by atoms with Crippen molar-refractivity contribution in [1.29, 1.82) is 0 Å². The normalized spacial score (nSPS) is 11.2. The Kier molecular flexibility index (Phi) is 3.15. The van der Waals surface area contributed by atoms with Crippen molar-refractivity contribution in [3.8, 4) is 5.75 Å². The van der Waals surface area contributed by atoms with E-state index in [9.17, 15) is 8.42 Å². The highest BCUT2D eigenvalue weighted by atomic mass is 32.2. The minimum absolute atomic E-state index is 0.164. The standard InChI is InChI=1S/C11H13N3O3S/c1-17-11-3-2-8(6-10(11)12)14-18(15,16)9-4-5-13-7-9/h2-7,13-14H,12H2,1H3. The van der Waals surface area contributed by atoms with Gasteiger partial charge in [-0.15, -0.1) is 0 Å². The van der Waals surface area contributed by atoms with Crippen molar-refractivity contribution in [1.82, 2.24) is 4.98 Å². The summed E-state index contributed by atoms with van der Waals surface area (Å²) in [5.41, 5.74) is 6.45. The Morgan fingerprint density at radius 1 is 1.33 bits per heavy atom. The van der Waals surface area contributed by atoms with Crippen molar-refractivity contribution >= 4 is 21.4 Å². The smallest absolute Gasteiger partial charge is 0.263 e. The molecule has 6 nitrogen and oxygen atoms in total. The summed E-state index contributed by atoms with van der Waals surface area (Å²) < 4.78 is 31.3. The number of hydrogen-bond acceptors (Lipinski definition) is 4. The van der Waals surface area contributed by atoms with Gasteiger partial charge in [-0.25, -0.2) is 8.42 Å². The number of H-pyrrole nitrogens is 1. The molecule has 2 rings (SSSR count). The number of anilines is 2. The molecule has 1 heterocycles. The first-order valence-corrected chi connectivity index (χ1v) is 6.60. The number of rotatable bonds is 4. The summed E-state index contributed by atoms with van der Waals surface area (Å²) in [5.74, 6) is 0.500. The molecular formula is C11H13N3O3S. The third kappa shape index (κ3) is 2.40. The number of aromatic nitrogens is 1. The lowest BCUT2D eigenvalue weighted by Gasteiger charge is -2.09. The van der Waals surface area contributed by atoms with Crippen molar-refractivity contribution in [2.75, 3.05) is 17.6 Å². The van der Waals surface area contributed by atoms with Gasteiger partial charge in [-0.1, -0.05) is 0 Å². The number of methoxy groups -OCH3 is 1. The number of sulfonamides is 1. The predicted octanol–water partition coefficient (Wildman–Crippen LogP) is 1.41. The van der Waals surface area contributed by atoms with E-state index in [-0.39, 0.29) is 4.90 Å². The highest BCUT2D eigenvalue weighted by Gasteiger charge is 2.14. The Morgan fingerprint density at radius 2 is 2.11 bits per heavy atom. The molecule has 0 saturated heterocycles. The van der Waals surface area contributed by atoms with Gasteiger partial charge in [0.1, 0.15) is 10.6 Å². The van der Waals surface area contributed by atoms with Crippen LogP contribution in [0.3, 0.4) is 0 Å². The van der Waals surface area contributed by atoms with Gasteiger partial charge in [-0.3, -0.25) is 4.72 Å². The van der Waals surface area contributed by atoms with Crippen molar-refractivity contribution in [2.45, 2.75) is 4.90 Å². The molecule has 0 aliphatic rings. The van der Waals surface area contributed by atoms with Crippen LogP contribution >= 0.6 is 0 Å². The maximum absolute atomic E-state index is 11.9. The Morgan fingerprint density at radius 3 is 2.67 bits per heavy atom. The molecule has 96 valence electrons. The maximum atomic E-state index is 11.9. The molecule has 0 aliphatic heterocycles. The summed E-state index contributed by atoms with van der Waals surface area (Å²) in [5, 5.41) is 0. The molecule has 0 bridgehead atoms.